The Bertz CT molecular complexity index is 736. The molecule has 0 bridgehead atoms. The van der Waals surface area contributed by atoms with Gasteiger partial charge in [-0.1, -0.05) is 0 Å². The van der Waals surface area contributed by atoms with E-state index in [1.165, 1.54) is 4.88 Å². The molecule has 0 radical (unpaired) electrons. The van der Waals surface area contributed by atoms with Crippen molar-refractivity contribution in [1.82, 2.24) is 15.0 Å². The van der Waals surface area contributed by atoms with Crippen molar-refractivity contribution in [1.29, 1.82) is 0 Å². The molecule has 0 unspecified atom stereocenters. The Morgan fingerprint density at radius 2 is 2.21 bits per heavy atom. The summed E-state index contributed by atoms with van der Waals surface area (Å²) >= 11 is 7.52. The summed E-state index contributed by atoms with van der Waals surface area (Å²) in [5.41, 5.74) is 0. The molecule has 3 heterocycles. The van der Waals surface area contributed by atoms with E-state index in [4.69, 9.17) is 16.0 Å². The zero-order valence-corrected chi connectivity index (χ0v) is 12.0. The number of rotatable bonds is 3. The molecule has 0 aliphatic heterocycles. The second-order valence-corrected chi connectivity index (χ2v) is 5.71. The molecule has 0 spiro atoms. The Morgan fingerprint density at radius 3 is 2.95 bits per heavy atom. The Balaban J connectivity index is 1.91. The maximum Gasteiger partial charge on any atom is 0.225 e. The minimum Gasteiger partial charge on any atom is -0.444 e. The van der Waals surface area contributed by atoms with Gasteiger partial charge < -0.3 is 9.73 Å². The molecular weight excluding hydrogens is 284 g/mol. The van der Waals surface area contributed by atoms with E-state index >= 15 is 0 Å². The molecule has 0 saturated heterocycles. The van der Waals surface area contributed by atoms with Crippen molar-refractivity contribution in [3.63, 3.8) is 0 Å². The molecule has 7 heteroatoms. The number of aryl methyl sites for hydroxylation is 2. The van der Waals surface area contributed by atoms with E-state index in [1.54, 1.807) is 17.5 Å². The number of hydrogen-bond acceptors (Lipinski definition) is 6. The molecule has 0 aliphatic rings. The molecule has 0 fully saturated rings. The van der Waals surface area contributed by atoms with Crippen LogP contribution in [0.2, 0.25) is 5.28 Å². The molecule has 0 amide bonds. The van der Waals surface area contributed by atoms with Gasteiger partial charge in [0.2, 0.25) is 11.2 Å². The summed E-state index contributed by atoms with van der Waals surface area (Å²) in [6.45, 7) is 4.35. The fraction of sp³-hybridized carbons (Fsp3) is 0.250. The van der Waals surface area contributed by atoms with Crippen LogP contribution in [0.3, 0.4) is 0 Å². The monoisotopic (exact) mass is 294 g/mol. The second-order valence-electron chi connectivity index (χ2n) is 4.14. The topological polar surface area (TPSA) is 63.8 Å². The molecule has 0 atom stereocenters. The number of halogens is 1. The van der Waals surface area contributed by atoms with E-state index < -0.39 is 0 Å². The van der Waals surface area contributed by atoms with Crippen LogP contribution in [0.4, 0.5) is 5.82 Å². The predicted octanol–water partition coefficient (Wildman–Crippen LogP) is 3.56. The summed E-state index contributed by atoms with van der Waals surface area (Å²) < 4.78 is 5.41. The molecule has 0 aromatic carbocycles. The highest BCUT2D eigenvalue weighted by Gasteiger charge is 2.10. The highest BCUT2D eigenvalue weighted by atomic mass is 35.5. The SMILES string of the molecule is Cc1cnc(CNc2nc(Cl)nc3sc(C)cc23)o1. The van der Waals surface area contributed by atoms with Crippen LogP contribution in [0.1, 0.15) is 16.5 Å². The Kier molecular flexibility index (Phi) is 3.12. The Morgan fingerprint density at radius 1 is 1.37 bits per heavy atom. The minimum absolute atomic E-state index is 0.237. The van der Waals surface area contributed by atoms with Gasteiger partial charge in [0, 0.05) is 4.88 Å². The van der Waals surface area contributed by atoms with E-state index in [2.05, 4.69) is 20.3 Å². The summed E-state index contributed by atoms with van der Waals surface area (Å²) in [4.78, 5) is 14.6. The maximum atomic E-state index is 5.92. The zero-order chi connectivity index (χ0) is 13.4. The van der Waals surface area contributed by atoms with E-state index in [1.807, 2.05) is 19.9 Å². The fourth-order valence-electron chi connectivity index (χ4n) is 1.79. The predicted molar refractivity (Wildman–Crippen MR) is 75.7 cm³/mol. The van der Waals surface area contributed by atoms with E-state index in [0.29, 0.717) is 18.3 Å². The fourth-order valence-corrected chi connectivity index (χ4v) is 2.89. The van der Waals surface area contributed by atoms with Gasteiger partial charge in [0.1, 0.15) is 16.4 Å². The number of nitrogens with one attached hydrogen (secondary N) is 1. The van der Waals surface area contributed by atoms with Gasteiger partial charge in [-0.05, 0) is 31.5 Å². The van der Waals surface area contributed by atoms with Crippen molar-refractivity contribution in [2.45, 2.75) is 20.4 Å². The van der Waals surface area contributed by atoms with Crippen molar-refractivity contribution < 1.29 is 4.42 Å². The average molecular weight is 295 g/mol. The van der Waals surface area contributed by atoms with Gasteiger partial charge in [-0.3, -0.25) is 0 Å². The number of fused-ring (bicyclic) bond motifs is 1. The standard InChI is InChI=1S/C12H11ClN4OS/c1-6-4-14-9(18-6)5-15-10-8-3-7(2)19-11(8)17-12(13)16-10/h3-4H,5H2,1-2H3,(H,15,16,17). The minimum atomic E-state index is 0.237. The van der Waals surface area contributed by atoms with E-state index in [-0.39, 0.29) is 5.28 Å². The van der Waals surface area contributed by atoms with Crippen LogP contribution in [-0.2, 0) is 6.54 Å². The lowest BCUT2D eigenvalue weighted by Gasteiger charge is -2.04. The maximum absolute atomic E-state index is 5.92. The summed E-state index contributed by atoms with van der Waals surface area (Å²) in [6.07, 6.45) is 1.69. The molecule has 98 valence electrons. The number of thiophene rings is 1. The number of oxazole rings is 1. The molecule has 0 saturated carbocycles. The van der Waals surface area contributed by atoms with Crippen LogP contribution >= 0.6 is 22.9 Å². The smallest absolute Gasteiger partial charge is 0.225 e. The van der Waals surface area contributed by atoms with Crippen LogP contribution < -0.4 is 5.32 Å². The first kappa shape index (κ1) is 12.4. The van der Waals surface area contributed by atoms with Crippen LogP contribution in [0.15, 0.2) is 16.7 Å². The molecule has 3 aromatic heterocycles. The van der Waals surface area contributed by atoms with Gasteiger partial charge in [-0.2, -0.15) is 0 Å². The first-order chi connectivity index (χ1) is 9.11. The highest BCUT2D eigenvalue weighted by molar-refractivity contribution is 7.18. The normalized spacial score (nSPS) is 11.1. The van der Waals surface area contributed by atoms with Gasteiger partial charge in [0.05, 0.1) is 18.1 Å². The summed E-state index contributed by atoms with van der Waals surface area (Å²) in [5.74, 6) is 2.11. The third-order valence-corrected chi connectivity index (χ3v) is 3.68. The van der Waals surface area contributed by atoms with Crippen molar-refractivity contribution in [3.8, 4) is 0 Å². The van der Waals surface area contributed by atoms with E-state index in [0.717, 1.165) is 16.0 Å². The summed E-state index contributed by atoms with van der Waals surface area (Å²) in [6, 6.07) is 2.04. The lowest BCUT2D eigenvalue weighted by molar-refractivity contribution is 0.479. The molecule has 5 nitrogen and oxygen atoms in total. The number of anilines is 1. The van der Waals surface area contributed by atoms with Crippen LogP contribution in [0.5, 0.6) is 0 Å². The number of aromatic nitrogens is 3. The average Bonchev–Trinajstić information content (AvgIpc) is 2.91. The van der Waals surface area contributed by atoms with Crippen LogP contribution in [0.25, 0.3) is 10.2 Å². The lowest BCUT2D eigenvalue weighted by atomic mass is 10.3. The van der Waals surface area contributed by atoms with Crippen molar-refractivity contribution in [2.24, 2.45) is 0 Å². The van der Waals surface area contributed by atoms with Crippen molar-refractivity contribution in [3.05, 3.63) is 34.1 Å². The Hall–Kier alpha value is -1.66. The van der Waals surface area contributed by atoms with Gasteiger partial charge >= 0.3 is 0 Å². The van der Waals surface area contributed by atoms with Gasteiger partial charge in [0.25, 0.3) is 0 Å². The summed E-state index contributed by atoms with van der Waals surface area (Å²) in [7, 11) is 0. The van der Waals surface area contributed by atoms with Crippen LogP contribution in [0, 0.1) is 13.8 Å². The molecule has 3 aromatic rings. The first-order valence-electron chi connectivity index (χ1n) is 5.70. The Labute approximate surface area is 118 Å². The van der Waals surface area contributed by atoms with Gasteiger partial charge in [-0.25, -0.2) is 15.0 Å². The number of nitrogens with zero attached hydrogens (tertiary/aromatic N) is 3. The highest BCUT2D eigenvalue weighted by Crippen LogP contribution is 2.29. The number of hydrogen-bond donors (Lipinski definition) is 1. The zero-order valence-electron chi connectivity index (χ0n) is 10.4. The second kappa shape index (κ2) is 4.79. The molecule has 0 aliphatic carbocycles. The molecular formula is C12H11ClN4OS. The van der Waals surface area contributed by atoms with Crippen LogP contribution in [-0.4, -0.2) is 15.0 Å². The summed E-state index contributed by atoms with van der Waals surface area (Å²) in [5, 5.41) is 4.39. The lowest BCUT2D eigenvalue weighted by Crippen LogP contribution is -2.02. The third-order valence-electron chi connectivity index (χ3n) is 2.56. The van der Waals surface area contributed by atoms with E-state index in [9.17, 15) is 0 Å². The van der Waals surface area contributed by atoms with Crippen molar-refractivity contribution in [2.75, 3.05) is 5.32 Å². The largest absolute Gasteiger partial charge is 0.444 e. The van der Waals surface area contributed by atoms with Crippen molar-refractivity contribution >= 4 is 39.0 Å². The van der Waals surface area contributed by atoms with Gasteiger partial charge in [0.15, 0.2) is 0 Å². The molecule has 3 rings (SSSR count). The quantitative estimate of drug-likeness (QED) is 0.748. The molecule has 1 N–H and O–H groups in total. The van der Waals surface area contributed by atoms with Gasteiger partial charge in [-0.15, -0.1) is 11.3 Å². The first-order valence-corrected chi connectivity index (χ1v) is 6.90. The third kappa shape index (κ3) is 2.54. The molecule has 19 heavy (non-hydrogen) atoms.